The van der Waals surface area contributed by atoms with Crippen LogP contribution in [0.25, 0.3) is 22.3 Å². The largest absolute Gasteiger partial charge is 0.334 e. The third kappa shape index (κ3) is 3.29. The van der Waals surface area contributed by atoms with E-state index >= 15 is 0 Å². The van der Waals surface area contributed by atoms with Crippen molar-refractivity contribution in [3.8, 4) is 11.4 Å². The maximum absolute atomic E-state index is 12.4. The summed E-state index contributed by atoms with van der Waals surface area (Å²) < 4.78 is 3.79. The summed E-state index contributed by atoms with van der Waals surface area (Å²) in [5, 5.41) is 3.68. The minimum atomic E-state index is -0.302. The van der Waals surface area contributed by atoms with E-state index in [4.69, 9.17) is 0 Å². The van der Waals surface area contributed by atoms with Gasteiger partial charge in [0.05, 0.1) is 35.8 Å². The van der Waals surface area contributed by atoms with Crippen molar-refractivity contribution >= 4 is 22.6 Å². The molecule has 0 saturated carbocycles. The second-order valence-electron chi connectivity index (χ2n) is 6.60. The quantitative estimate of drug-likeness (QED) is 0.603. The number of hydrogen-bond donors (Lipinski definition) is 1. The molecule has 4 rings (SSSR count). The van der Waals surface area contributed by atoms with Gasteiger partial charge in [0.25, 0.3) is 5.91 Å². The van der Waals surface area contributed by atoms with Gasteiger partial charge in [0, 0.05) is 36.9 Å². The average Bonchev–Trinajstić information content (AvgIpc) is 3.30. The lowest BCUT2D eigenvalue weighted by Gasteiger charge is -2.06. The number of imidazole rings is 2. The number of rotatable bonds is 4. The van der Waals surface area contributed by atoms with Gasteiger partial charge in [-0.2, -0.15) is 0 Å². The van der Waals surface area contributed by atoms with E-state index in [0.717, 1.165) is 22.3 Å². The molecule has 0 aromatic carbocycles. The van der Waals surface area contributed by atoms with E-state index in [1.165, 1.54) is 0 Å². The van der Waals surface area contributed by atoms with Crippen LogP contribution >= 0.6 is 0 Å². The van der Waals surface area contributed by atoms with Crippen LogP contribution in [0.3, 0.4) is 0 Å². The number of anilines is 1. The Kier molecular flexibility index (Phi) is 4.15. The highest BCUT2D eigenvalue weighted by atomic mass is 16.2. The topological polar surface area (TPSA) is 90.5 Å². The first-order chi connectivity index (χ1) is 13.0. The molecule has 0 aliphatic heterocycles. The monoisotopic (exact) mass is 361 g/mol. The van der Waals surface area contributed by atoms with E-state index in [2.05, 4.69) is 25.3 Å². The van der Waals surface area contributed by atoms with Gasteiger partial charge in [0.1, 0.15) is 11.5 Å². The summed E-state index contributed by atoms with van der Waals surface area (Å²) in [6, 6.07) is 5.88. The van der Waals surface area contributed by atoms with E-state index in [9.17, 15) is 4.79 Å². The third-order valence-corrected chi connectivity index (χ3v) is 4.32. The molecule has 0 bridgehead atoms. The standard InChI is InChI=1S/C19H19N7O/c1-12(2)26-9-16(22-11-26)19(27)24-18-6-15-13(7-21-18)4-5-14(23-15)17-8-20-10-25(17)3/h4-12H,1-3H3,(H,21,24,27). The first-order valence-corrected chi connectivity index (χ1v) is 8.59. The molecule has 4 aromatic rings. The normalized spacial score (nSPS) is 11.3. The smallest absolute Gasteiger partial charge is 0.276 e. The average molecular weight is 361 g/mol. The zero-order valence-electron chi connectivity index (χ0n) is 15.3. The Labute approximate surface area is 155 Å². The summed E-state index contributed by atoms with van der Waals surface area (Å²) in [6.07, 6.45) is 8.56. The molecular weight excluding hydrogens is 342 g/mol. The van der Waals surface area contributed by atoms with Crippen LogP contribution in [0.4, 0.5) is 5.82 Å². The van der Waals surface area contributed by atoms with Crippen molar-refractivity contribution in [2.45, 2.75) is 19.9 Å². The lowest BCUT2D eigenvalue weighted by atomic mass is 10.2. The van der Waals surface area contributed by atoms with Gasteiger partial charge in [-0.25, -0.2) is 19.9 Å². The van der Waals surface area contributed by atoms with Crippen molar-refractivity contribution in [2.24, 2.45) is 7.05 Å². The zero-order chi connectivity index (χ0) is 19.0. The van der Waals surface area contributed by atoms with Crippen LogP contribution in [0.5, 0.6) is 0 Å². The van der Waals surface area contributed by atoms with Gasteiger partial charge in [-0.1, -0.05) is 0 Å². The second kappa shape index (κ2) is 6.64. The van der Waals surface area contributed by atoms with E-state index < -0.39 is 0 Å². The summed E-state index contributed by atoms with van der Waals surface area (Å²) in [5.74, 6) is 0.130. The van der Waals surface area contributed by atoms with Crippen molar-refractivity contribution < 1.29 is 4.79 Å². The van der Waals surface area contributed by atoms with Gasteiger partial charge in [-0.05, 0) is 26.0 Å². The summed E-state index contributed by atoms with van der Waals surface area (Å²) in [5.41, 5.74) is 2.81. The van der Waals surface area contributed by atoms with Gasteiger partial charge < -0.3 is 14.5 Å². The molecule has 0 atom stereocenters. The Bertz CT molecular complexity index is 1130. The van der Waals surface area contributed by atoms with Gasteiger partial charge in [-0.3, -0.25) is 4.79 Å². The zero-order valence-corrected chi connectivity index (χ0v) is 15.3. The van der Waals surface area contributed by atoms with Crippen LogP contribution in [-0.2, 0) is 7.05 Å². The number of nitrogens with one attached hydrogen (secondary N) is 1. The van der Waals surface area contributed by atoms with E-state index in [0.29, 0.717) is 11.5 Å². The third-order valence-electron chi connectivity index (χ3n) is 4.32. The van der Waals surface area contributed by atoms with Crippen LogP contribution in [0.1, 0.15) is 30.4 Å². The Morgan fingerprint density at radius 3 is 2.70 bits per heavy atom. The molecule has 8 nitrogen and oxygen atoms in total. The number of aryl methyl sites for hydroxylation is 1. The Morgan fingerprint density at radius 1 is 1.15 bits per heavy atom. The van der Waals surface area contributed by atoms with Gasteiger partial charge >= 0.3 is 0 Å². The number of carbonyl (C=O) groups is 1. The summed E-state index contributed by atoms with van der Waals surface area (Å²) in [6.45, 7) is 4.06. The molecule has 0 aliphatic rings. The molecular formula is C19H19N7O. The van der Waals surface area contributed by atoms with Crippen LogP contribution in [0, 0.1) is 0 Å². The Hall–Kier alpha value is -3.55. The van der Waals surface area contributed by atoms with Crippen LogP contribution in [0.2, 0.25) is 0 Å². The highest BCUT2D eigenvalue weighted by molar-refractivity contribution is 6.02. The lowest BCUT2D eigenvalue weighted by Crippen LogP contribution is -2.13. The predicted octanol–water partition coefficient (Wildman–Crippen LogP) is 3.06. The molecule has 0 radical (unpaired) electrons. The molecule has 27 heavy (non-hydrogen) atoms. The van der Waals surface area contributed by atoms with Gasteiger partial charge in [0.2, 0.25) is 0 Å². The van der Waals surface area contributed by atoms with Crippen molar-refractivity contribution in [1.29, 1.82) is 0 Å². The number of hydrogen-bond acceptors (Lipinski definition) is 5. The van der Waals surface area contributed by atoms with Crippen molar-refractivity contribution in [3.63, 3.8) is 0 Å². The number of carbonyl (C=O) groups excluding carboxylic acids is 1. The van der Waals surface area contributed by atoms with Crippen LogP contribution in [0.15, 0.2) is 49.4 Å². The minimum absolute atomic E-state index is 0.243. The number of pyridine rings is 2. The fourth-order valence-corrected chi connectivity index (χ4v) is 2.75. The molecule has 0 spiro atoms. The van der Waals surface area contributed by atoms with Crippen molar-refractivity contribution in [2.75, 3.05) is 5.32 Å². The van der Waals surface area contributed by atoms with Crippen molar-refractivity contribution in [1.82, 2.24) is 29.1 Å². The van der Waals surface area contributed by atoms with E-state index in [1.54, 1.807) is 37.3 Å². The summed E-state index contributed by atoms with van der Waals surface area (Å²) >= 11 is 0. The maximum atomic E-state index is 12.4. The molecule has 4 aromatic heterocycles. The van der Waals surface area contributed by atoms with E-state index in [1.807, 2.05) is 42.2 Å². The number of aromatic nitrogens is 6. The minimum Gasteiger partial charge on any atom is -0.334 e. The molecule has 1 amide bonds. The maximum Gasteiger partial charge on any atom is 0.276 e. The lowest BCUT2D eigenvalue weighted by molar-refractivity contribution is 0.102. The molecule has 0 aliphatic carbocycles. The molecule has 1 N–H and O–H groups in total. The molecule has 0 fully saturated rings. The van der Waals surface area contributed by atoms with Crippen LogP contribution in [-0.4, -0.2) is 35.0 Å². The number of fused-ring (bicyclic) bond motifs is 1. The highest BCUT2D eigenvalue weighted by Gasteiger charge is 2.12. The molecule has 136 valence electrons. The Morgan fingerprint density at radius 2 is 2.00 bits per heavy atom. The molecule has 4 heterocycles. The van der Waals surface area contributed by atoms with E-state index in [-0.39, 0.29) is 11.9 Å². The second-order valence-corrected chi connectivity index (χ2v) is 6.60. The molecule has 0 unspecified atom stereocenters. The number of nitrogens with zero attached hydrogens (tertiary/aromatic N) is 6. The van der Waals surface area contributed by atoms with Crippen LogP contribution < -0.4 is 5.32 Å². The molecule has 0 saturated heterocycles. The van der Waals surface area contributed by atoms with Gasteiger partial charge in [0.15, 0.2) is 0 Å². The van der Waals surface area contributed by atoms with Crippen molar-refractivity contribution in [3.05, 3.63) is 55.1 Å². The number of amides is 1. The first kappa shape index (κ1) is 16.9. The summed E-state index contributed by atoms with van der Waals surface area (Å²) in [4.78, 5) is 29.7. The molecule has 8 heteroatoms. The fraction of sp³-hybridized carbons (Fsp3) is 0.211. The van der Waals surface area contributed by atoms with Gasteiger partial charge in [-0.15, -0.1) is 0 Å². The Balaban J connectivity index is 1.62. The fourth-order valence-electron chi connectivity index (χ4n) is 2.75. The summed E-state index contributed by atoms with van der Waals surface area (Å²) in [7, 11) is 1.92. The SMILES string of the molecule is CC(C)n1cnc(C(=O)Nc2cc3nc(-c4cncn4C)ccc3cn2)c1. The first-order valence-electron chi connectivity index (χ1n) is 8.59. The highest BCUT2D eigenvalue weighted by Crippen LogP contribution is 2.21. The predicted molar refractivity (Wildman–Crippen MR) is 102 cm³/mol.